The van der Waals surface area contributed by atoms with E-state index in [-0.39, 0.29) is 10.8 Å². The van der Waals surface area contributed by atoms with E-state index in [4.69, 9.17) is 5.73 Å². The average molecular weight is 284 g/mol. The zero-order chi connectivity index (χ0) is 14.8. The summed E-state index contributed by atoms with van der Waals surface area (Å²) in [5, 5.41) is 2.68. The Hall–Kier alpha value is -1.40. The summed E-state index contributed by atoms with van der Waals surface area (Å²) >= 11 is 0. The van der Waals surface area contributed by atoms with Crippen molar-refractivity contribution in [3.8, 4) is 0 Å². The van der Waals surface area contributed by atoms with Gasteiger partial charge < -0.3 is 11.1 Å². The van der Waals surface area contributed by atoms with Crippen molar-refractivity contribution in [2.75, 3.05) is 12.8 Å². The van der Waals surface area contributed by atoms with Gasteiger partial charge in [0, 0.05) is 23.9 Å². The molecule has 1 rings (SSSR count). The zero-order valence-corrected chi connectivity index (χ0v) is 12.5. The molecule has 0 bridgehead atoms. The van der Waals surface area contributed by atoms with E-state index in [1.165, 1.54) is 6.07 Å². The van der Waals surface area contributed by atoms with Crippen LogP contribution in [0.5, 0.6) is 0 Å². The first kappa shape index (κ1) is 15.7. The number of carbonyl (C=O) groups is 1. The van der Waals surface area contributed by atoms with Crippen LogP contribution in [0.25, 0.3) is 0 Å². The predicted molar refractivity (Wildman–Crippen MR) is 74.9 cm³/mol. The third kappa shape index (κ3) is 4.65. The van der Waals surface area contributed by atoms with Crippen molar-refractivity contribution in [2.24, 2.45) is 5.73 Å². The maximum Gasteiger partial charge on any atom is 0.251 e. The topological polar surface area (TPSA) is 89.3 Å². The molecule has 0 heterocycles. The summed E-state index contributed by atoms with van der Waals surface area (Å²) < 4.78 is 23.2. The molecule has 106 valence electrons. The molecular weight excluding hydrogens is 264 g/mol. The largest absolute Gasteiger partial charge is 0.350 e. The van der Waals surface area contributed by atoms with E-state index in [1.807, 2.05) is 0 Å². The maximum absolute atomic E-state index is 11.9. The Balaban J connectivity index is 3.00. The highest BCUT2D eigenvalue weighted by atomic mass is 32.2. The Labute approximate surface area is 114 Å². The lowest BCUT2D eigenvalue weighted by molar-refractivity contribution is 0.0946. The lowest BCUT2D eigenvalue weighted by Crippen LogP contribution is -2.45. The van der Waals surface area contributed by atoms with Crippen LogP contribution in [0.2, 0.25) is 0 Å². The molecule has 0 unspecified atom stereocenters. The number of sulfone groups is 1. The second kappa shape index (κ2) is 5.30. The first-order valence-electron chi connectivity index (χ1n) is 5.88. The minimum absolute atomic E-state index is 0.173. The minimum Gasteiger partial charge on any atom is -0.350 e. The van der Waals surface area contributed by atoms with Gasteiger partial charge >= 0.3 is 0 Å². The lowest BCUT2D eigenvalue weighted by atomic mass is 10.1. The molecule has 6 heteroatoms. The van der Waals surface area contributed by atoms with E-state index in [9.17, 15) is 13.2 Å². The van der Waals surface area contributed by atoms with Crippen LogP contribution in [0.3, 0.4) is 0 Å². The molecule has 1 aromatic rings. The molecule has 0 aliphatic carbocycles. The number of carbonyl (C=O) groups excluding carboxylic acids is 1. The molecule has 19 heavy (non-hydrogen) atoms. The van der Waals surface area contributed by atoms with E-state index in [2.05, 4.69) is 5.32 Å². The molecule has 0 atom stereocenters. The molecule has 5 nitrogen and oxygen atoms in total. The van der Waals surface area contributed by atoms with Crippen molar-refractivity contribution in [2.45, 2.75) is 31.2 Å². The molecule has 0 aliphatic rings. The van der Waals surface area contributed by atoms with Crippen molar-refractivity contribution >= 4 is 15.7 Å². The second-order valence-electron chi connectivity index (χ2n) is 5.42. The van der Waals surface area contributed by atoms with E-state index >= 15 is 0 Å². The molecule has 0 aliphatic heterocycles. The fourth-order valence-electron chi connectivity index (χ4n) is 1.55. The van der Waals surface area contributed by atoms with Gasteiger partial charge in [-0.25, -0.2) is 8.42 Å². The van der Waals surface area contributed by atoms with Crippen molar-refractivity contribution < 1.29 is 13.2 Å². The number of nitrogens with one attached hydrogen (secondary N) is 1. The summed E-state index contributed by atoms with van der Waals surface area (Å²) in [5.74, 6) is -0.330. The fraction of sp³-hybridized carbons (Fsp3) is 0.462. The van der Waals surface area contributed by atoms with Gasteiger partial charge in [-0.3, -0.25) is 4.79 Å². The molecule has 0 saturated heterocycles. The van der Waals surface area contributed by atoms with Crippen LogP contribution in [0.15, 0.2) is 23.1 Å². The number of amides is 1. The van der Waals surface area contributed by atoms with E-state index < -0.39 is 15.4 Å². The molecule has 0 fully saturated rings. The molecule has 3 N–H and O–H groups in total. The monoisotopic (exact) mass is 284 g/mol. The standard InChI is InChI=1S/C13H20N2O3S/c1-9-5-6-10(7-11(9)19(4,17)18)12(16)15-8-13(2,3)14/h5-7H,8,14H2,1-4H3,(H,15,16). The van der Waals surface area contributed by atoms with Gasteiger partial charge in [0.05, 0.1) is 4.90 Å². The summed E-state index contributed by atoms with van der Waals surface area (Å²) in [7, 11) is -3.34. The number of nitrogens with two attached hydrogens (primary N) is 1. The number of hydrogen-bond acceptors (Lipinski definition) is 4. The zero-order valence-electron chi connectivity index (χ0n) is 11.6. The Morgan fingerprint density at radius 1 is 1.37 bits per heavy atom. The summed E-state index contributed by atoms with van der Waals surface area (Å²) in [6, 6.07) is 4.62. The lowest BCUT2D eigenvalue weighted by Gasteiger charge is -2.19. The van der Waals surface area contributed by atoms with Gasteiger partial charge in [0.15, 0.2) is 9.84 Å². The van der Waals surface area contributed by atoms with Gasteiger partial charge in [-0.1, -0.05) is 6.07 Å². The molecular formula is C13H20N2O3S. The molecule has 0 aromatic heterocycles. The number of hydrogen-bond donors (Lipinski definition) is 2. The maximum atomic E-state index is 11.9. The summed E-state index contributed by atoms with van der Waals surface area (Å²) in [6.45, 7) is 5.60. The SMILES string of the molecule is Cc1ccc(C(=O)NCC(C)(C)N)cc1S(C)(=O)=O. The van der Waals surface area contributed by atoms with Crippen LogP contribution in [-0.4, -0.2) is 32.7 Å². The van der Waals surface area contributed by atoms with E-state index in [0.717, 1.165) is 6.26 Å². The highest BCUT2D eigenvalue weighted by Crippen LogP contribution is 2.17. The first-order valence-corrected chi connectivity index (χ1v) is 7.78. The van der Waals surface area contributed by atoms with E-state index in [0.29, 0.717) is 17.7 Å². The Morgan fingerprint density at radius 2 is 1.95 bits per heavy atom. The summed E-state index contributed by atoms with van der Waals surface area (Å²) in [5.41, 5.74) is 6.20. The van der Waals surface area contributed by atoms with Crippen molar-refractivity contribution in [3.05, 3.63) is 29.3 Å². The normalized spacial score (nSPS) is 12.3. The van der Waals surface area contributed by atoms with Gasteiger partial charge in [0.1, 0.15) is 0 Å². The highest BCUT2D eigenvalue weighted by molar-refractivity contribution is 7.90. The first-order chi connectivity index (χ1) is 8.50. The predicted octanol–water partition coefficient (Wildman–Crippen LogP) is 0.866. The number of benzene rings is 1. The van der Waals surface area contributed by atoms with Gasteiger partial charge in [0.25, 0.3) is 5.91 Å². The smallest absolute Gasteiger partial charge is 0.251 e. The summed E-state index contributed by atoms with van der Waals surface area (Å²) in [6.07, 6.45) is 1.13. The van der Waals surface area contributed by atoms with Crippen LogP contribution in [0, 0.1) is 6.92 Å². The fourth-order valence-corrected chi connectivity index (χ4v) is 2.54. The number of aryl methyl sites for hydroxylation is 1. The van der Waals surface area contributed by atoms with Gasteiger partial charge in [-0.2, -0.15) is 0 Å². The van der Waals surface area contributed by atoms with Crippen LogP contribution in [-0.2, 0) is 9.84 Å². The van der Waals surface area contributed by atoms with Crippen LogP contribution in [0.4, 0.5) is 0 Å². The second-order valence-corrected chi connectivity index (χ2v) is 7.41. The van der Waals surface area contributed by atoms with Gasteiger partial charge in [-0.15, -0.1) is 0 Å². The van der Waals surface area contributed by atoms with Crippen LogP contribution < -0.4 is 11.1 Å². The van der Waals surface area contributed by atoms with E-state index in [1.54, 1.807) is 32.9 Å². The average Bonchev–Trinajstić information content (AvgIpc) is 2.24. The minimum atomic E-state index is -3.34. The van der Waals surface area contributed by atoms with Gasteiger partial charge in [-0.05, 0) is 38.5 Å². The quantitative estimate of drug-likeness (QED) is 0.858. The molecule has 0 saturated carbocycles. The molecule has 0 spiro atoms. The van der Waals surface area contributed by atoms with Gasteiger partial charge in [0.2, 0.25) is 0 Å². The third-order valence-electron chi connectivity index (χ3n) is 2.55. The van der Waals surface area contributed by atoms with Crippen molar-refractivity contribution in [1.82, 2.24) is 5.32 Å². The summed E-state index contributed by atoms with van der Waals surface area (Å²) in [4.78, 5) is 12.1. The van der Waals surface area contributed by atoms with Crippen LogP contribution in [0.1, 0.15) is 29.8 Å². The highest BCUT2D eigenvalue weighted by Gasteiger charge is 2.16. The van der Waals surface area contributed by atoms with Crippen LogP contribution >= 0.6 is 0 Å². The Kier molecular flexibility index (Phi) is 4.37. The molecule has 1 aromatic carbocycles. The molecule has 1 amide bonds. The number of rotatable bonds is 4. The Morgan fingerprint density at radius 3 is 2.42 bits per heavy atom. The third-order valence-corrected chi connectivity index (χ3v) is 3.79. The Bertz CT molecular complexity index is 586. The van der Waals surface area contributed by atoms with Crippen molar-refractivity contribution in [1.29, 1.82) is 0 Å². The molecule has 0 radical (unpaired) electrons. The van der Waals surface area contributed by atoms with Crippen molar-refractivity contribution in [3.63, 3.8) is 0 Å².